The van der Waals surface area contributed by atoms with E-state index in [4.69, 9.17) is 23.8 Å². The van der Waals surface area contributed by atoms with Crippen molar-refractivity contribution in [3.05, 3.63) is 43.5 Å². The lowest BCUT2D eigenvalue weighted by Gasteiger charge is -2.31. The van der Waals surface area contributed by atoms with Gasteiger partial charge in [-0.25, -0.2) is 9.18 Å². The fourth-order valence-electron chi connectivity index (χ4n) is 3.39. The Bertz CT molecular complexity index is 1260. The van der Waals surface area contributed by atoms with Crippen LogP contribution in [0.3, 0.4) is 0 Å². The molecule has 248 valence electrons. The van der Waals surface area contributed by atoms with Gasteiger partial charge >= 0.3 is 14.3 Å². The molecule has 2 rings (SSSR count). The van der Waals surface area contributed by atoms with Crippen LogP contribution in [0.1, 0.15) is 33.9 Å². The molecule has 1 aliphatic heterocycles. The number of nitrogens with zero attached hydrogens (tertiary/aromatic N) is 4. The molecule has 20 heteroatoms. The normalized spacial score (nSPS) is 22.2. The van der Waals surface area contributed by atoms with Crippen LogP contribution in [-0.2, 0) is 27.9 Å². The van der Waals surface area contributed by atoms with Gasteiger partial charge in [-0.1, -0.05) is 28.6 Å². The quantitative estimate of drug-likeness (QED) is 0.0566. The van der Waals surface area contributed by atoms with Crippen LogP contribution in [0.4, 0.5) is 4.39 Å². The van der Waals surface area contributed by atoms with Crippen molar-refractivity contribution >= 4 is 42.4 Å². The molecule has 1 fully saturated rings. The van der Waals surface area contributed by atoms with E-state index in [-0.39, 0.29) is 48.2 Å². The Morgan fingerprint density at radius 1 is 1.14 bits per heavy atom. The highest BCUT2D eigenvalue weighted by Gasteiger charge is 2.56. The van der Waals surface area contributed by atoms with E-state index in [2.05, 4.69) is 10.0 Å². The second-order valence-electron chi connectivity index (χ2n) is 10.9. The molecule has 0 spiro atoms. The topological polar surface area (TPSA) is 235 Å². The Morgan fingerprint density at radius 3 is 2.16 bits per heavy atom. The van der Waals surface area contributed by atoms with Gasteiger partial charge in [-0.2, -0.15) is 0 Å². The summed E-state index contributed by atoms with van der Waals surface area (Å²) in [7, 11) is -2.27. The van der Waals surface area contributed by atoms with Crippen LogP contribution in [-0.4, -0.2) is 104 Å². The second kappa shape index (κ2) is 17.1. The van der Waals surface area contributed by atoms with Gasteiger partial charge < -0.3 is 33.6 Å². The highest BCUT2D eigenvalue weighted by atomic mass is 32.2. The number of carbonyl (C=O) groups excluding carboxylic acids is 2. The first-order valence-electron chi connectivity index (χ1n) is 13.2. The minimum absolute atomic E-state index is 0.0683. The molecule has 0 aromatic carbocycles. The molecule has 2 heterocycles. The molecule has 0 amide bonds. The van der Waals surface area contributed by atoms with Crippen LogP contribution in [0, 0.1) is 10.8 Å². The van der Waals surface area contributed by atoms with E-state index in [1.807, 2.05) is 4.98 Å². The second-order valence-corrected chi connectivity index (χ2v) is 14.2. The van der Waals surface area contributed by atoms with Crippen LogP contribution in [0.2, 0.25) is 0 Å². The molecular formula is C24H37FN5O11PS2. The molecule has 4 N–H and O–H groups in total. The van der Waals surface area contributed by atoms with Crippen LogP contribution in [0.25, 0.3) is 10.4 Å². The lowest BCUT2D eigenvalue weighted by atomic mass is 9.97. The number of azide groups is 1. The van der Waals surface area contributed by atoms with Crippen molar-refractivity contribution in [1.29, 1.82) is 0 Å². The number of ether oxygens (including phenoxy) is 1. The molecule has 4 atom stereocenters. The van der Waals surface area contributed by atoms with E-state index >= 15 is 4.39 Å². The molecule has 1 saturated heterocycles. The van der Waals surface area contributed by atoms with Crippen LogP contribution in [0.15, 0.2) is 27.0 Å². The van der Waals surface area contributed by atoms with Gasteiger partial charge in [0, 0.05) is 28.7 Å². The smallest absolute Gasteiger partial charge is 0.332 e. The highest BCUT2D eigenvalue weighted by molar-refractivity contribution is 8.14. The lowest BCUT2D eigenvalue weighted by molar-refractivity contribution is -0.120. The molecule has 1 aromatic rings. The summed E-state index contributed by atoms with van der Waals surface area (Å²) in [5.41, 5.74) is 3.23. The summed E-state index contributed by atoms with van der Waals surface area (Å²) in [5, 5.41) is 32.5. The molecule has 0 saturated carbocycles. The minimum atomic E-state index is -2.27. The monoisotopic (exact) mass is 685 g/mol. The van der Waals surface area contributed by atoms with Gasteiger partial charge in [0.2, 0.25) is 0 Å². The highest BCUT2D eigenvalue weighted by Crippen LogP contribution is 2.45. The number of alkyl halides is 1. The van der Waals surface area contributed by atoms with Gasteiger partial charge in [0.05, 0.1) is 50.4 Å². The maximum absolute atomic E-state index is 15.3. The summed E-state index contributed by atoms with van der Waals surface area (Å²) in [5.74, 6) is 0.303. The number of hydrogen-bond donors (Lipinski definition) is 4. The molecule has 0 radical (unpaired) electrons. The molecule has 44 heavy (non-hydrogen) atoms. The van der Waals surface area contributed by atoms with Crippen molar-refractivity contribution in [2.75, 3.05) is 51.1 Å². The molecule has 0 aliphatic carbocycles. The molecule has 1 aromatic heterocycles. The largest absolute Gasteiger partial charge is 0.395 e. The Hall–Kier alpha value is -1.89. The number of aliphatic hydroxyl groups is 3. The summed E-state index contributed by atoms with van der Waals surface area (Å²) >= 11 is 1.84. The Labute approximate surface area is 261 Å². The summed E-state index contributed by atoms with van der Waals surface area (Å²) < 4.78 is 38.9. The number of H-pyrrole nitrogens is 1. The number of carbonyl (C=O) groups is 2. The van der Waals surface area contributed by atoms with Crippen LogP contribution in [0.5, 0.6) is 0 Å². The number of aromatic amines is 1. The number of aromatic nitrogens is 2. The van der Waals surface area contributed by atoms with E-state index in [0.717, 1.165) is 40.4 Å². The van der Waals surface area contributed by atoms with E-state index in [1.165, 1.54) is 0 Å². The van der Waals surface area contributed by atoms with E-state index in [0.29, 0.717) is 0 Å². The predicted octanol–water partition coefficient (Wildman–Crippen LogP) is 1.65. The zero-order valence-corrected chi connectivity index (χ0v) is 27.1. The fraction of sp³-hybridized carbons (Fsp3) is 0.750. The summed E-state index contributed by atoms with van der Waals surface area (Å²) in [6.45, 7) is 4.25. The SMILES string of the molecule is CC(C)(CO)C(=O)SCCOP(OCCSC(=O)C(C)(C)CO)OC[C@@]1(CN=[N+]=[N-])O[C@@H](n2ccc(=O)[nH]c2=O)[C@H](F)[C@@H]1O. The number of nitrogens with one attached hydrogen (secondary N) is 1. The minimum Gasteiger partial charge on any atom is -0.395 e. The first kappa shape index (κ1) is 38.3. The van der Waals surface area contributed by atoms with Gasteiger partial charge in [-0.05, 0) is 33.2 Å². The third kappa shape index (κ3) is 10.3. The maximum Gasteiger partial charge on any atom is 0.332 e. The first-order valence-corrected chi connectivity index (χ1v) is 16.3. The number of thioether (sulfide) groups is 2. The zero-order valence-electron chi connectivity index (χ0n) is 24.6. The maximum atomic E-state index is 15.3. The molecule has 1 aliphatic rings. The molecule has 0 unspecified atom stereocenters. The van der Waals surface area contributed by atoms with Crippen molar-refractivity contribution in [3.8, 4) is 0 Å². The van der Waals surface area contributed by atoms with Gasteiger partial charge in [-0.15, -0.1) is 0 Å². The van der Waals surface area contributed by atoms with Crippen LogP contribution < -0.4 is 11.2 Å². The van der Waals surface area contributed by atoms with Crippen molar-refractivity contribution in [3.63, 3.8) is 0 Å². The van der Waals surface area contributed by atoms with Crippen molar-refractivity contribution < 1.29 is 47.6 Å². The number of halogens is 1. The Morgan fingerprint density at radius 2 is 1.68 bits per heavy atom. The number of aliphatic hydroxyl groups excluding tert-OH is 3. The lowest BCUT2D eigenvalue weighted by Crippen LogP contribution is -2.48. The van der Waals surface area contributed by atoms with Gasteiger partial charge in [0.1, 0.15) is 11.7 Å². The Balaban J connectivity index is 2.17. The number of rotatable bonds is 18. The third-order valence-electron chi connectivity index (χ3n) is 6.33. The standard InChI is InChI=1S/C24H37FN5O11PS2/c1-22(2,12-31)19(35)43-9-7-38-42(39-8-10-44-20(36)23(3,4)13-32)40-14-24(11-27-29-26)17(34)16(25)18(41-24)30-6-5-15(33)28-21(30)37/h5-6,16-18,31-32,34H,7-14H2,1-4H3,(H,28,33,37)/t16-,17+,18-,24-/m1/s1. The average molecular weight is 686 g/mol. The number of hydrogen-bond acceptors (Lipinski definition) is 14. The summed E-state index contributed by atoms with van der Waals surface area (Å²) in [6, 6.07) is 0.962. The first-order chi connectivity index (χ1) is 20.6. The van der Waals surface area contributed by atoms with Crippen molar-refractivity contribution in [2.45, 2.75) is 51.8 Å². The van der Waals surface area contributed by atoms with Crippen LogP contribution >= 0.6 is 32.1 Å². The van der Waals surface area contributed by atoms with Crippen molar-refractivity contribution in [2.24, 2.45) is 15.9 Å². The molecular weight excluding hydrogens is 648 g/mol. The van der Waals surface area contributed by atoms with Gasteiger partial charge in [-0.3, -0.25) is 23.9 Å². The fourth-order valence-corrected chi connectivity index (χ4v) is 6.28. The average Bonchev–Trinajstić information content (AvgIpc) is 3.23. The Kier molecular flexibility index (Phi) is 14.9. The molecule has 16 nitrogen and oxygen atoms in total. The van der Waals surface area contributed by atoms with Gasteiger partial charge in [0.25, 0.3) is 5.56 Å². The van der Waals surface area contributed by atoms with Gasteiger partial charge in [0.15, 0.2) is 22.6 Å². The predicted molar refractivity (Wildman–Crippen MR) is 161 cm³/mol. The van der Waals surface area contributed by atoms with E-state index in [9.17, 15) is 34.5 Å². The van der Waals surface area contributed by atoms with E-state index in [1.54, 1.807) is 27.7 Å². The third-order valence-corrected chi connectivity index (χ3v) is 9.83. The zero-order chi connectivity index (χ0) is 33.1. The summed E-state index contributed by atoms with van der Waals surface area (Å²) in [4.78, 5) is 52.9. The summed E-state index contributed by atoms with van der Waals surface area (Å²) in [6.07, 6.45) is -4.90. The van der Waals surface area contributed by atoms with E-state index < -0.39 is 67.9 Å². The molecule has 0 bridgehead atoms. The van der Waals surface area contributed by atoms with Crippen molar-refractivity contribution in [1.82, 2.24) is 9.55 Å².